The van der Waals surface area contributed by atoms with Gasteiger partial charge in [-0.05, 0) is 19.2 Å². The molecule has 0 spiro atoms. The second-order valence-electron chi connectivity index (χ2n) is 6.19. The Hall–Kier alpha value is -2.78. The van der Waals surface area contributed by atoms with Crippen LogP contribution in [-0.2, 0) is 9.53 Å². The highest BCUT2D eigenvalue weighted by molar-refractivity contribution is 5.92. The van der Waals surface area contributed by atoms with E-state index in [1.54, 1.807) is 16.8 Å². The number of benzene rings is 1. The Morgan fingerprint density at radius 1 is 1.35 bits per heavy atom. The van der Waals surface area contributed by atoms with E-state index < -0.39 is 5.97 Å². The second-order valence-corrected chi connectivity index (χ2v) is 6.19. The van der Waals surface area contributed by atoms with Crippen LogP contribution in [0.2, 0.25) is 0 Å². The highest BCUT2D eigenvalue weighted by atomic mass is 16.5. The number of aliphatic carboxylic acids is 1. The summed E-state index contributed by atoms with van der Waals surface area (Å²) in [4.78, 5) is 28.2. The Kier molecular flexibility index (Phi) is 5.59. The van der Waals surface area contributed by atoms with Crippen LogP contribution in [0.15, 0.2) is 36.5 Å². The first-order valence-electron chi connectivity index (χ1n) is 8.32. The van der Waals surface area contributed by atoms with Crippen molar-refractivity contribution in [3.8, 4) is 5.69 Å². The summed E-state index contributed by atoms with van der Waals surface area (Å²) in [5, 5.41) is 17.3. The van der Waals surface area contributed by atoms with Gasteiger partial charge >= 0.3 is 5.97 Å². The van der Waals surface area contributed by atoms with E-state index in [2.05, 4.69) is 10.2 Å². The van der Waals surface area contributed by atoms with Crippen LogP contribution in [0.1, 0.15) is 10.5 Å². The molecule has 1 N–H and O–H groups in total. The molecule has 1 fully saturated rings. The van der Waals surface area contributed by atoms with Crippen molar-refractivity contribution >= 4 is 11.9 Å². The predicted octanol–water partition coefficient (Wildman–Crippen LogP) is 0.125. The summed E-state index contributed by atoms with van der Waals surface area (Å²) in [6.07, 6.45) is 1.22. The summed E-state index contributed by atoms with van der Waals surface area (Å²) >= 11 is 0. The van der Waals surface area contributed by atoms with E-state index in [0.29, 0.717) is 26.2 Å². The van der Waals surface area contributed by atoms with Crippen LogP contribution in [0.25, 0.3) is 5.69 Å². The van der Waals surface area contributed by atoms with Crippen LogP contribution in [0.4, 0.5) is 0 Å². The molecule has 1 aromatic heterocycles. The Bertz CT molecular complexity index is 764. The molecule has 1 saturated heterocycles. The van der Waals surface area contributed by atoms with E-state index in [0.717, 1.165) is 5.69 Å². The molecule has 0 bridgehead atoms. The highest BCUT2D eigenvalue weighted by Gasteiger charge is 2.27. The van der Waals surface area contributed by atoms with Gasteiger partial charge in [-0.25, -0.2) is 0 Å². The summed E-state index contributed by atoms with van der Waals surface area (Å²) in [7, 11) is 1.71. The zero-order chi connectivity index (χ0) is 18.5. The van der Waals surface area contributed by atoms with Gasteiger partial charge in [0.15, 0.2) is 5.69 Å². The van der Waals surface area contributed by atoms with Crippen molar-refractivity contribution in [2.75, 3.05) is 39.8 Å². The molecular formula is C17H21N5O4. The first-order valence-corrected chi connectivity index (χ1v) is 8.32. The molecule has 0 saturated carbocycles. The zero-order valence-corrected chi connectivity index (χ0v) is 14.5. The minimum atomic E-state index is -0.895. The van der Waals surface area contributed by atoms with Gasteiger partial charge in [0.05, 0.1) is 31.1 Å². The number of likely N-dealkylation sites (N-methyl/N-ethyl adjacent to an activating group) is 1. The van der Waals surface area contributed by atoms with E-state index in [1.165, 1.54) is 11.0 Å². The summed E-state index contributed by atoms with van der Waals surface area (Å²) in [5.41, 5.74) is 1.05. The average molecular weight is 359 g/mol. The minimum Gasteiger partial charge on any atom is -0.480 e. The quantitative estimate of drug-likeness (QED) is 0.782. The van der Waals surface area contributed by atoms with Crippen LogP contribution in [0, 0.1) is 0 Å². The van der Waals surface area contributed by atoms with E-state index in [-0.39, 0.29) is 24.2 Å². The number of hydrogen-bond acceptors (Lipinski definition) is 6. The first-order chi connectivity index (χ1) is 12.5. The van der Waals surface area contributed by atoms with Crippen molar-refractivity contribution in [3.63, 3.8) is 0 Å². The monoisotopic (exact) mass is 359 g/mol. The van der Waals surface area contributed by atoms with Gasteiger partial charge in [0.2, 0.25) is 0 Å². The number of aromatic nitrogens is 3. The van der Waals surface area contributed by atoms with Crippen LogP contribution in [0.5, 0.6) is 0 Å². The lowest BCUT2D eigenvalue weighted by atomic mass is 10.2. The lowest BCUT2D eigenvalue weighted by molar-refractivity contribution is -0.138. The van der Waals surface area contributed by atoms with Gasteiger partial charge in [0, 0.05) is 19.6 Å². The topological polar surface area (TPSA) is 101 Å². The van der Waals surface area contributed by atoms with Crippen molar-refractivity contribution in [1.82, 2.24) is 24.8 Å². The standard InChI is InChI=1S/C17H21N5O4/c1-20(12-16(23)24)10-14-11-21(7-8-26-14)17(25)15-9-18-22(19-15)13-5-3-2-4-6-13/h2-6,9,14H,7-8,10-12H2,1H3,(H,23,24). The number of ether oxygens (including phenoxy) is 1. The lowest BCUT2D eigenvalue weighted by Gasteiger charge is -2.34. The number of carboxylic acid groups (broad SMARTS) is 1. The molecule has 1 unspecified atom stereocenters. The normalized spacial score (nSPS) is 17.5. The number of amides is 1. The van der Waals surface area contributed by atoms with Gasteiger partial charge in [-0.15, -0.1) is 5.10 Å². The molecule has 1 amide bonds. The highest BCUT2D eigenvalue weighted by Crippen LogP contribution is 2.11. The summed E-state index contributed by atoms with van der Waals surface area (Å²) < 4.78 is 5.65. The molecule has 26 heavy (non-hydrogen) atoms. The van der Waals surface area contributed by atoms with Gasteiger partial charge in [-0.2, -0.15) is 9.90 Å². The molecular weight excluding hydrogens is 338 g/mol. The van der Waals surface area contributed by atoms with Gasteiger partial charge in [-0.3, -0.25) is 14.5 Å². The molecule has 1 aliphatic heterocycles. The lowest BCUT2D eigenvalue weighted by Crippen LogP contribution is -2.49. The molecule has 2 heterocycles. The summed E-state index contributed by atoms with van der Waals surface area (Å²) in [5.74, 6) is -1.10. The molecule has 1 aromatic carbocycles. The van der Waals surface area contributed by atoms with E-state index in [1.807, 2.05) is 30.3 Å². The number of hydrogen-bond donors (Lipinski definition) is 1. The minimum absolute atomic E-state index is 0.0702. The average Bonchev–Trinajstić information content (AvgIpc) is 3.11. The molecule has 1 atom stereocenters. The second kappa shape index (κ2) is 8.07. The van der Waals surface area contributed by atoms with Crippen LogP contribution in [-0.4, -0.2) is 87.7 Å². The zero-order valence-electron chi connectivity index (χ0n) is 14.5. The maximum atomic E-state index is 12.7. The van der Waals surface area contributed by atoms with Crippen LogP contribution < -0.4 is 0 Å². The number of morpholine rings is 1. The third-order valence-corrected chi connectivity index (χ3v) is 4.04. The number of rotatable bonds is 6. The fourth-order valence-corrected chi connectivity index (χ4v) is 2.87. The Balaban J connectivity index is 1.62. The van der Waals surface area contributed by atoms with E-state index in [4.69, 9.17) is 9.84 Å². The summed E-state index contributed by atoms with van der Waals surface area (Å²) in [6, 6.07) is 9.36. The van der Waals surface area contributed by atoms with Crippen molar-refractivity contribution in [3.05, 3.63) is 42.2 Å². The maximum Gasteiger partial charge on any atom is 0.317 e. The fraction of sp³-hybridized carbons (Fsp3) is 0.412. The molecule has 138 valence electrons. The first kappa shape index (κ1) is 18.0. The van der Waals surface area contributed by atoms with Gasteiger partial charge < -0.3 is 14.7 Å². The Morgan fingerprint density at radius 2 is 2.12 bits per heavy atom. The van der Waals surface area contributed by atoms with Gasteiger partial charge in [0.1, 0.15) is 0 Å². The molecule has 9 heteroatoms. The van der Waals surface area contributed by atoms with Gasteiger partial charge in [0.25, 0.3) is 5.91 Å². The maximum absolute atomic E-state index is 12.7. The van der Waals surface area contributed by atoms with Crippen LogP contribution >= 0.6 is 0 Å². The SMILES string of the molecule is CN(CC(=O)O)CC1CN(C(=O)c2cnn(-c3ccccc3)n2)CCO1. The Morgan fingerprint density at radius 3 is 2.85 bits per heavy atom. The fourth-order valence-electron chi connectivity index (χ4n) is 2.87. The number of nitrogens with zero attached hydrogens (tertiary/aromatic N) is 5. The summed E-state index contributed by atoms with van der Waals surface area (Å²) in [6.45, 7) is 1.63. The third kappa shape index (κ3) is 4.44. The molecule has 3 rings (SSSR count). The number of carbonyl (C=O) groups excluding carboxylic acids is 1. The molecule has 0 radical (unpaired) electrons. The number of para-hydroxylation sites is 1. The van der Waals surface area contributed by atoms with Crippen molar-refractivity contribution in [2.45, 2.75) is 6.10 Å². The predicted molar refractivity (Wildman–Crippen MR) is 92.1 cm³/mol. The molecule has 1 aliphatic rings. The van der Waals surface area contributed by atoms with Gasteiger partial charge in [-0.1, -0.05) is 18.2 Å². The molecule has 0 aliphatic carbocycles. The smallest absolute Gasteiger partial charge is 0.317 e. The molecule has 2 aromatic rings. The number of carbonyl (C=O) groups is 2. The Labute approximate surface area is 150 Å². The molecule has 9 nitrogen and oxygen atoms in total. The largest absolute Gasteiger partial charge is 0.480 e. The van der Waals surface area contributed by atoms with Crippen LogP contribution in [0.3, 0.4) is 0 Å². The van der Waals surface area contributed by atoms with E-state index in [9.17, 15) is 9.59 Å². The van der Waals surface area contributed by atoms with Crippen molar-refractivity contribution < 1.29 is 19.4 Å². The third-order valence-electron chi connectivity index (χ3n) is 4.04. The number of carboxylic acids is 1. The van der Waals surface area contributed by atoms with E-state index >= 15 is 0 Å². The van der Waals surface area contributed by atoms with Crippen molar-refractivity contribution in [2.24, 2.45) is 0 Å². The van der Waals surface area contributed by atoms with Crippen molar-refractivity contribution in [1.29, 1.82) is 0 Å².